The Morgan fingerprint density at radius 1 is 1.25 bits per heavy atom. The van der Waals surface area contributed by atoms with Crippen LogP contribution in [0, 0.1) is 6.92 Å². The molecule has 1 amide bonds. The van der Waals surface area contributed by atoms with Crippen molar-refractivity contribution in [3.05, 3.63) is 60.4 Å². The van der Waals surface area contributed by atoms with Crippen LogP contribution >= 0.6 is 0 Å². The summed E-state index contributed by atoms with van der Waals surface area (Å²) >= 11 is 0. The van der Waals surface area contributed by atoms with Crippen LogP contribution < -0.4 is 10.1 Å². The molecule has 1 N–H and O–H groups in total. The van der Waals surface area contributed by atoms with Crippen LogP contribution in [0.4, 0.5) is 5.69 Å². The van der Waals surface area contributed by atoms with Crippen molar-refractivity contribution in [2.24, 2.45) is 0 Å². The Labute approximate surface area is 139 Å². The SMILES string of the molecule is C=CCc1cc2c(c(-c3ccc4oc(C)cc4c3)c1)OCC(=O)N2. The number of anilines is 1. The summed E-state index contributed by atoms with van der Waals surface area (Å²) in [6.45, 7) is 5.77. The first kappa shape index (κ1) is 14.6. The van der Waals surface area contributed by atoms with E-state index in [-0.39, 0.29) is 12.5 Å². The van der Waals surface area contributed by atoms with Crippen molar-refractivity contribution < 1.29 is 13.9 Å². The van der Waals surface area contributed by atoms with E-state index in [2.05, 4.69) is 24.0 Å². The summed E-state index contributed by atoms with van der Waals surface area (Å²) in [5.41, 5.74) is 4.64. The summed E-state index contributed by atoms with van der Waals surface area (Å²) in [6, 6.07) is 12.1. The van der Waals surface area contributed by atoms with E-state index >= 15 is 0 Å². The van der Waals surface area contributed by atoms with Crippen LogP contribution in [0.2, 0.25) is 0 Å². The molecular formula is C20H17NO3. The third-order valence-corrected chi connectivity index (χ3v) is 4.10. The first-order chi connectivity index (χ1) is 11.6. The average Bonchev–Trinajstić information content (AvgIpc) is 2.93. The minimum atomic E-state index is -0.134. The largest absolute Gasteiger partial charge is 0.481 e. The standard InChI is InChI=1S/C20H17NO3/c1-3-4-13-8-16(20-17(9-13)21-19(22)11-23-20)14-5-6-18-15(10-14)7-12(2)24-18/h3,5-10H,1,4,11H2,2H3,(H,21,22). The molecule has 0 spiro atoms. The lowest BCUT2D eigenvalue weighted by Gasteiger charge is -2.22. The molecule has 0 atom stereocenters. The van der Waals surface area contributed by atoms with Gasteiger partial charge in [-0.2, -0.15) is 0 Å². The minimum Gasteiger partial charge on any atom is -0.481 e. The van der Waals surface area contributed by atoms with Gasteiger partial charge in [-0.15, -0.1) is 6.58 Å². The first-order valence-electron chi connectivity index (χ1n) is 7.85. The topological polar surface area (TPSA) is 51.5 Å². The minimum absolute atomic E-state index is 0.0356. The zero-order chi connectivity index (χ0) is 16.7. The van der Waals surface area contributed by atoms with E-state index in [0.717, 1.165) is 39.8 Å². The molecule has 2 heterocycles. The molecule has 0 fully saturated rings. The molecule has 0 saturated carbocycles. The second-order valence-corrected chi connectivity index (χ2v) is 5.96. The molecule has 2 aromatic carbocycles. The van der Waals surface area contributed by atoms with Crippen LogP contribution in [0.3, 0.4) is 0 Å². The zero-order valence-corrected chi connectivity index (χ0v) is 13.4. The van der Waals surface area contributed by atoms with E-state index < -0.39 is 0 Å². The number of hydrogen-bond acceptors (Lipinski definition) is 3. The molecule has 0 saturated heterocycles. The molecule has 0 aliphatic carbocycles. The van der Waals surface area contributed by atoms with Gasteiger partial charge in [0.15, 0.2) is 12.4 Å². The number of rotatable bonds is 3. The van der Waals surface area contributed by atoms with Crippen LogP contribution in [0.15, 0.2) is 53.5 Å². The fourth-order valence-corrected chi connectivity index (χ4v) is 3.10. The predicted octanol–water partition coefficient (Wildman–Crippen LogP) is 4.47. The van der Waals surface area contributed by atoms with Crippen LogP contribution in [-0.2, 0) is 11.2 Å². The van der Waals surface area contributed by atoms with E-state index in [1.807, 2.05) is 37.3 Å². The summed E-state index contributed by atoms with van der Waals surface area (Å²) in [7, 11) is 0. The highest BCUT2D eigenvalue weighted by Gasteiger charge is 2.21. The van der Waals surface area contributed by atoms with Gasteiger partial charge in [0.05, 0.1) is 5.69 Å². The monoisotopic (exact) mass is 319 g/mol. The highest BCUT2D eigenvalue weighted by atomic mass is 16.5. The van der Waals surface area contributed by atoms with Crippen molar-refractivity contribution >= 4 is 22.6 Å². The number of carbonyl (C=O) groups is 1. The maximum absolute atomic E-state index is 11.7. The highest BCUT2D eigenvalue weighted by Crippen LogP contribution is 2.40. The summed E-state index contributed by atoms with van der Waals surface area (Å²) in [6.07, 6.45) is 2.57. The maximum atomic E-state index is 11.7. The van der Waals surface area contributed by atoms with E-state index in [0.29, 0.717) is 11.4 Å². The zero-order valence-electron chi connectivity index (χ0n) is 13.4. The third-order valence-electron chi connectivity index (χ3n) is 4.10. The molecule has 4 rings (SSSR count). The van der Waals surface area contributed by atoms with E-state index in [4.69, 9.17) is 9.15 Å². The lowest BCUT2D eigenvalue weighted by Crippen LogP contribution is -2.25. The second-order valence-electron chi connectivity index (χ2n) is 5.96. The van der Waals surface area contributed by atoms with E-state index in [9.17, 15) is 4.79 Å². The second kappa shape index (κ2) is 5.57. The van der Waals surface area contributed by atoms with Crippen molar-refractivity contribution in [2.45, 2.75) is 13.3 Å². The van der Waals surface area contributed by atoms with Gasteiger partial charge < -0.3 is 14.5 Å². The summed E-state index contributed by atoms with van der Waals surface area (Å²) in [5.74, 6) is 1.46. The Hall–Kier alpha value is -3.01. The van der Waals surface area contributed by atoms with Crippen LogP contribution in [-0.4, -0.2) is 12.5 Å². The molecule has 120 valence electrons. The van der Waals surface area contributed by atoms with Gasteiger partial charge in [-0.3, -0.25) is 4.79 Å². The first-order valence-corrected chi connectivity index (χ1v) is 7.85. The summed E-state index contributed by atoms with van der Waals surface area (Å²) in [4.78, 5) is 11.7. The normalized spacial score (nSPS) is 13.3. The molecule has 4 heteroatoms. The van der Waals surface area contributed by atoms with Crippen molar-refractivity contribution in [3.63, 3.8) is 0 Å². The summed E-state index contributed by atoms with van der Waals surface area (Å²) < 4.78 is 11.4. The number of carbonyl (C=O) groups excluding carboxylic acids is 1. The van der Waals surface area contributed by atoms with E-state index in [1.54, 1.807) is 0 Å². The fourth-order valence-electron chi connectivity index (χ4n) is 3.10. The maximum Gasteiger partial charge on any atom is 0.262 e. The molecule has 0 bridgehead atoms. The number of amides is 1. The lowest BCUT2D eigenvalue weighted by molar-refractivity contribution is -0.118. The van der Waals surface area contributed by atoms with Crippen molar-refractivity contribution in [1.29, 1.82) is 0 Å². The van der Waals surface area contributed by atoms with E-state index in [1.165, 1.54) is 0 Å². The number of hydrogen-bond donors (Lipinski definition) is 1. The Morgan fingerprint density at radius 2 is 2.12 bits per heavy atom. The van der Waals surface area contributed by atoms with Gasteiger partial charge in [0, 0.05) is 10.9 Å². The fraction of sp³-hybridized carbons (Fsp3) is 0.150. The van der Waals surface area contributed by atoms with Crippen LogP contribution in [0.1, 0.15) is 11.3 Å². The number of benzene rings is 2. The molecule has 1 aromatic heterocycles. The van der Waals surface area contributed by atoms with Crippen LogP contribution in [0.25, 0.3) is 22.1 Å². The van der Waals surface area contributed by atoms with Gasteiger partial charge in [-0.05, 0) is 54.8 Å². The number of fused-ring (bicyclic) bond motifs is 2. The number of furan rings is 1. The smallest absolute Gasteiger partial charge is 0.262 e. The van der Waals surface area contributed by atoms with Gasteiger partial charge in [0.1, 0.15) is 11.3 Å². The van der Waals surface area contributed by atoms with Gasteiger partial charge in [0.2, 0.25) is 0 Å². The average molecular weight is 319 g/mol. The molecule has 0 radical (unpaired) electrons. The Kier molecular flexibility index (Phi) is 3.38. The number of nitrogens with one attached hydrogen (secondary N) is 1. The number of ether oxygens (including phenoxy) is 1. The predicted molar refractivity (Wildman–Crippen MR) is 94.4 cm³/mol. The molecular weight excluding hydrogens is 302 g/mol. The van der Waals surface area contributed by atoms with Gasteiger partial charge >= 0.3 is 0 Å². The molecule has 3 aromatic rings. The van der Waals surface area contributed by atoms with Crippen molar-refractivity contribution in [1.82, 2.24) is 0 Å². The quantitative estimate of drug-likeness (QED) is 0.725. The van der Waals surface area contributed by atoms with Crippen LogP contribution in [0.5, 0.6) is 5.75 Å². The van der Waals surface area contributed by atoms with Gasteiger partial charge in [-0.1, -0.05) is 12.1 Å². The van der Waals surface area contributed by atoms with Gasteiger partial charge in [-0.25, -0.2) is 0 Å². The van der Waals surface area contributed by atoms with Crippen molar-refractivity contribution in [2.75, 3.05) is 11.9 Å². The third kappa shape index (κ3) is 2.46. The molecule has 24 heavy (non-hydrogen) atoms. The molecule has 1 aliphatic heterocycles. The highest BCUT2D eigenvalue weighted by molar-refractivity contribution is 5.98. The van der Waals surface area contributed by atoms with Gasteiger partial charge in [0.25, 0.3) is 5.91 Å². The molecule has 4 nitrogen and oxygen atoms in total. The Morgan fingerprint density at radius 3 is 2.96 bits per heavy atom. The number of aryl methyl sites for hydroxylation is 1. The molecule has 0 unspecified atom stereocenters. The Balaban J connectivity index is 1.90. The Bertz CT molecular complexity index is 968. The van der Waals surface area contributed by atoms with Crippen molar-refractivity contribution in [3.8, 4) is 16.9 Å². The summed E-state index contributed by atoms with van der Waals surface area (Å²) in [5, 5.41) is 3.94. The number of allylic oxidation sites excluding steroid dienone is 1. The molecule has 1 aliphatic rings. The lowest BCUT2D eigenvalue weighted by atomic mass is 9.97.